The molecule has 4 rings (SSSR count). The Hall–Kier alpha value is -3.41. The first-order valence-corrected chi connectivity index (χ1v) is 8.75. The fraction of sp³-hybridized carbons (Fsp3) is 0.143. The third kappa shape index (κ3) is 4.23. The molecule has 0 unspecified atom stereocenters. The van der Waals surface area contributed by atoms with Gasteiger partial charge in [0.2, 0.25) is 0 Å². The van der Waals surface area contributed by atoms with Gasteiger partial charge >= 0.3 is 0 Å². The zero-order valence-electron chi connectivity index (χ0n) is 14.7. The maximum Gasteiger partial charge on any atom is 0.180 e. The highest BCUT2D eigenvalue weighted by molar-refractivity contribution is 5.71. The topological polar surface area (TPSA) is 54.8 Å². The Bertz CT molecular complexity index is 1020. The molecule has 0 aliphatic carbocycles. The normalized spacial score (nSPS) is 10.9. The Morgan fingerprint density at radius 3 is 2.48 bits per heavy atom. The second-order valence-electron chi connectivity index (χ2n) is 6.19. The average Bonchev–Trinajstić information content (AvgIpc) is 2.73. The van der Waals surface area contributed by atoms with Gasteiger partial charge in [0.05, 0.1) is 0 Å². The van der Waals surface area contributed by atoms with Crippen LogP contribution in [0, 0.1) is 5.82 Å². The van der Waals surface area contributed by atoms with Crippen molar-refractivity contribution in [3.63, 3.8) is 0 Å². The maximum atomic E-state index is 13.2. The van der Waals surface area contributed by atoms with E-state index in [0.29, 0.717) is 12.2 Å². The van der Waals surface area contributed by atoms with Gasteiger partial charge in [0.25, 0.3) is 0 Å². The average molecular weight is 359 g/mol. The summed E-state index contributed by atoms with van der Waals surface area (Å²) in [6.07, 6.45) is 5.87. The summed E-state index contributed by atoms with van der Waals surface area (Å²) >= 11 is 0. The molecule has 1 aromatic carbocycles. The predicted octanol–water partition coefficient (Wildman–Crippen LogP) is 3.81. The van der Waals surface area contributed by atoms with Gasteiger partial charge in [-0.15, -0.1) is 0 Å². The van der Waals surface area contributed by atoms with Crippen molar-refractivity contribution in [1.29, 1.82) is 0 Å². The highest BCUT2D eigenvalue weighted by Crippen LogP contribution is 2.18. The largest absolute Gasteiger partial charge is 0.352 e. The highest BCUT2D eigenvalue weighted by Gasteiger charge is 2.11. The summed E-state index contributed by atoms with van der Waals surface area (Å²) in [6.45, 7) is 1.35. The van der Waals surface area contributed by atoms with Crippen molar-refractivity contribution >= 4 is 17.0 Å². The van der Waals surface area contributed by atoms with Crippen molar-refractivity contribution in [1.82, 2.24) is 19.9 Å². The number of rotatable bonds is 6. The van der Waals surface area contributed by atoms with Gasteiger partial charge < -0.3 is 4.90 Å². The molecule has 0 N–H and O–H groups in total. The van der Waals surface area contributed by atoms with Crippen molar-refractivity contribution in [3.05, 3.63) is 90.3 Å². The Balaban J connectivity index is 1.61. The predicted molar refractivity (Wildman–Crippen MR) is 103 cm³/mol. The van der Waals surface area contributed by atoms with E-state index in [4.69, 9.17) is 0 Å². The maximum absolute atomic E-state index is 13.2. The second-order valence-corrected chi connectivity index (χ2v) is 6.19. The molecule has 0 saturated carbocycles. The van der Waals surface area contributed by atoms with Crippen molar-refractivity contribution in [2.45, 2.75) is 13.0 Å². The van der Waals surface area contributed by atoms with Crippen LogP contribution in [0.1, 0.15) is 11.3 Å². The van der Waals surface area contributed by atoms with E-state index in [1.807, 2.05) is 30.3 Å². The number of halogens is 1. The molecule has 3 heterocycles. The monoisotopic (exact) mass is 359 g/mol. The zero-order valence-corrected chi connectivity index (χ0v) is 14.7. The van der Waals surface area contributed by atoms with Crippen LogP contribution in [0.5, 0.6) is 0 Å². The Morgan fingerprint density at radius 1 is 0.815 bits per heavy atom. The van der Waals surface area contributed by atoms with Gasteiger partial charge in [-0.05, 0) is 42.0 Å². The number of hydrogen-bond acceptors (Lipinski definition) is 5. The van der Waals surface area contributed by atoms with E-state index in [-0.39, 0.29) is 5.82 Å². The summed E-state index contributed by atoms with van der Waals surface area (Å²) < 4.78 is 13.2. The number of pyridine rings is 2. The Labute approximate surface area is 156 Å². The van der Waals surface area contributed by atoms with E-state index < -0.39 is 0 Å². The number of anilines is 1. The molecule has 0 aliphatic heterocycles. The lowest BCUT2D eigenvalue weighted by atomic mass is 10.2. The fourth-order valence-electron chi connectivity index (χ4n) is 2.90. The summed E-state index contributed by atoms with van der Waals surface area (Å²) in [7, 11) is 0. The van der Waals surface area contributed by atoms with Gasteiger partial charge in [-0.3, -0.25) is 9.97 Å². The molecule has 6 heteroatoms. The van der Waals surface area contributed by atoms with E-state index in [0.717, 1.165) is 35.6 Å². The van der Waals surface area contributed by atoms with Crippen LogP contribution < -0.4 is 4.90 Å². The van der Waals surface area contributed by atoms with Crippen molar-refractivity contribution in [2.75, 3.05) is 11.4 Å². The first-order chi connectivity index (χ1) is 13.3. The van der Waals surface area contributed by atoms with E-state index in [9.17, 15) is 4.39 Å². The van der Waals surface area contributed by atoms with Gasteiger partial charge in [-0.25, -0.2) is 14.4 Å². The quantitative estimate of drug-likeness (QED) is 0.524. The molecular weight excluding hydrogens is 341 g/mol. The molecule has 0 aliphatic rings. The van der Waals surface area contributed by atoms with E-state index in [2.05, 4.69) is 24.8 Å². The molecular formula is C21H18FN5. The van der Waals surface area contributed by atoms with Crippen molar-refractivity contribution in [2.24, 2.45) is 0 Å². The molecule has 3 aromatic heterocycles. The van der Waals surface area contributed by atoms with Crippen molar-refractivity contribution in [3.8, 4) is 0 Å². The van der Waals surface area contributed by atoms with Crippen LogP contribution in [-0.4, -0.2) is 26.5 Å². The molecule has 5 nitrogen and oxygen atoms in total. The van der Waals surface area contributed by atoms with Gasteiger partial charge in [-0.2, -0.15) is 0 Å². The molecule has 0 radical (unpaired) electrons. The molecule has 134 valence electrons. The first-order valence-electron chi connectivity index (χ1n) is 8.75. The molecule has 0 spiro atoms. The van der Waals surface area contributed by atoms with Gasteiger partial charge in [0.1, 0.15) is 17.2 Å². The molecule has 0 bridgehead atoms. The minimum Gasteiger partial charge on any atom is -0.352 e. The summed E-state index contributed by atoms with van der Waals surface area (Å²) in [6, 6.07) is 16.3. The molecule has 0 atom stereocenters. The van der Waals surface area contributed by atoms with Crippen LogP contribution in [0.4, 0.5) is 10.2 Å². The first kappa shape index (κ1) is 17.0. The van der Waals surface area contributed by atoms with Gasteiger partial charge in [0.15, 0.2) is 5.65 Å². The van der Waals surface area contributed by atoms with Gasteiger partial charge in [0, 0.05) is 43.8 Å². The molecule has 27 heavy (non-hydrogen) atoms. The Morgan fingerprint density at radius 2 is 1.67 bits per heavy atom. The van der Waals surface area contributed by atoms with Crippen molar-refractivity contribution < 1.29 is 4.39 Å². The van der Waals surface area contributed by atoms with Crippen LogP contribution in [-0.2, 0) is 13.0 Å². The standard InChI is InChI=1S/C21H18FN5/c22-17-6-4-16(5-7-17)15-27(14-10-18-3-1-2-11-23-18)20-9-8-19-21(26-20)25-13-12-24-19/h1-9,11-13H,10,14-15H2. The van der Waals surface area contributed by atoms with Gasteiger partial charge in [-0.1, -0.05) is 18.2 Å². The van der Waals surface area contributed by atoms with Crippen LogP contribution in [0.3, 0.4) is 0 Å². The lowest BCUT2D eigenvalue weighted by molar-refractivity contribution is 0.626. The lowest BCUT2D eigenvalue weighted by Crippen LogP contribution is -2.26. The Kier molecular flexibility index (Phi) is 4.96. The molecule has 4 aromatic rings. The van der Waals surface area contributed by atoms with Crippen LogP contribution in [0.25, 0.3) is 11.2 Å². The highest BCUT2D eigenvalue weighted by atomic mass is 19.1. The summed E-state index contributed by atoms with van der Waals surface area (Å²) in [5.74, 6) is 0.571. The zero-order chi connectivity index (χ0) is 18.5. The molecule has 0 fully saturated rings. The number of hydrogen-bond donors (Lipinski definition) is 0. The summed E-state index contributed by atoms with van der Waals surface area (Å²) in [5, 5.41) is 0. The molecule has 0 saturated heterocycles. The third-order valence-corrected chi connectivity index (χ3v) is 4.29. The number of aromatic nitrogens is 4. The van der Waals surface area contributed by atoms with Crippen LogP contribution in [0.2, 0.25) is 0 Å². The second kappa shape index (κ2) is 7.86. The smallest absolute Gasteiger partial charge is 0.180 e. The third-order valence-electron chi connectivity index (χ3n) is 4.29. The van der Waals surface area contributed by atoms with Crippen LogP contribution in [0.15, 0.2) is 73.2 Å². The fourth-order valence-corrected chi connectivity index (χ4v) is 2.90. The minimum absolute atomic E-state index is 0.238. The van der Waals surface area contributed by atoms with E-state index in [1.54, 1.807) is 30.7 Å². The number of fused-ring (bicyclic) bond motifs is 1. The number of nitrogens with zero attached hydrogens (tertiary/aromatic N) is 5. The summed E-state index contributed by atoms with van der Waals surface area (Å²) in [5.41, 5.74) is 3.39. The van der Waals surface area contributed by atoms with E-state index >= 15 is 0 Å². The SMILES string of the molecule is Fc1ccc(CN(CCc2ccccn2)c2ccc3nccnc3n2)cc1. The minimum atomic E-state index is -0.238. The lowest BCUT2D eigenvalue weighted by Gasteiger charge is -2.24. The molecule has 0 amide bonds. The summed E-state index contributed by atoms with van der Waals surface area (Å²) in [4.78, 5) is 19.8. The number of benzene rings is 1. The van der Waals surface area contributed by atoms with Crippen LogP contribution >= 0.6 is 0 Å². The van der Waals surface area contributed by atoms with E-state index in [1.165, 1.54) is 12.1 Å².